The molecule has 0 radical (unpaired) electrons. The van der Waals surface area contributed by atoms with E-state index < -0.39 is 151 Å². The highest BCUT2D eigenvalue weighted by molar-refractivity contribution is 7.43. The minimum absolute atomic E-state index is 0.0819. The van der Waals surface area contributed by atoms with Crippen LogP contribution in [0.25, 0.3) is 0 Å². The Labute approximate surface area is 434 Å². The van der Waals surface area contributed by atoms with E-state index in [1.807, 2.05) is 0 Å². The van der Waals surface area contributed by atoms with Crippen molar-refractivity contribution in [2.45, 2.75) is 123 Å². The highest BCUT2D eigenvalue weighted by Gasteiger charge is 2.97. The maximum atomic E-state index is 14.6. The molecule has 3 aromatic carbocycles. The lowest BCUT2D eigenvalue weighted by atomic mass is 9.89. The van der Waals surface area contributed by atoms with Crippen LogP contribution in [0.5, 0.6) is 34.5 Å². The Hall–Kier alpha value is -5.49. The molecule has 41 heteroatoms. The fourth-order valence-electron chi connectivity index (χ4n) is 5.83. The van der Waals surface area contributed by atoms with Crippen LogP contribution in [0, 0.1) is 20.8 Å². The highest BCUT2D eigenvalue weighted by atomic mass is 31.2. The van der Waals surface area contributed by atoms with E-state index in [-0.39, 0.29) is 23.7 Å². The molecule has 0 aliphatic rings. The van der Waals surface area contributed by atoms with Crippen molar-refractivity contribution in [1.29, 1.82) is 0 Å². The Morgan fingerprint density at radius 3 is 0.707 bits per heavy atom. The average molecular weight is 1290 g/mol. The third-order valence-electron chi connectivity index (χ3n) is 10.7. The van der Waals surface area contributed by atoms with Gasteiger partial charge in [0.1, 0.15) is 34.5 Å². The number of aryl methyl sites for hydroxylation is 3. The number of alkyl halides is 34. The molecule has 0 fully saturated rings. The number of rotatable bonds is 26. The molecule has 6 nitrogen and oxygen atoms in total. The second-order valence-electron chi connectivity index (χ2n) is 16.6. The molecule has 0 aliphatic carbocycles. The monoisotopic (exact) mass is 1290 g/mol. The van der Waals surface area contributed by atoms with Gasteiger partial charge >= 0.3 is 104 Å². The molecular formula is C41H27F34O6P. The van der Waals surface area contributed by atoms with Gasteiger partial charge in [0.05, 0.1) is 6.61 Å². The SMILES string of the molecule is CCOc1ccc(OP(Oc2ccc(OCC(F)(F)C(F)(F)C(F)(F)C(F)(F)C(F)(F)C(F)(F)C(F)(F)C(F)(F)F)cc2C)Oc2ccc(OCC(F)(F)C(F)(F)C(F)(F)C(F)(F)C(F)(F)C(F)(F)C(F)(F)C(F)(F)F)cc2C)c(C)c1. The topological polar surface area (TPSA) is 55.4 Å². The van der Waals surface area contributed by atoms with Gasteiger partial charge in [0.2, 0.25) is 0 Å². The molecule has 0 aromatic heterocycles. The molecule has 0 bridgehead atoms. The van der Waals surface area contributed by atoms with Crippen LogP contribution >= 0.6 is 8.60 Å². The predicted molar refractivity (Wildman–Crippen MR) is 206 cm³/mol. The molecule has 0 saturated carbocycles. The molecular weight excluding hydrogens is 1270 g/mol. The number of ether oxygens (including phenoxy) is 3. The largest absolute Gasteiger partial charge is 0.530 e. The second kappa shape index (κ2) is 21.9. The van der Waals surface area contributed by atoms with Gasteiger partial charge in [-0.15, -0.1) is 0 Å². The quantitative estimate of drug-likeness (QED) is 0.0590. The van der Waals surface area contributed by atoms with E-state index in [0.29, 0.717) is 36.4 Å². The number of halogens is 34. The smallest absolute Gasteiger partial charge is 0.494 e. The average Bonchev–Trinajstić information content (AvgIpc) is 3.06. The van der Waals surface area contributed by atoms with Crippen LogP contribution in [0.2, 0.25) is 0 Å². The minimum Gasteiger partial charge on any atom is -0.494 e. The van der Waals surface area contributed by atoms with Gasteiger partial charge in [0.15, 0.2) is 13.2 Å². The summed E-state index contributed by atoms with van der Waals surface area (Å²) in [4.78, 5) is 0. The summed E-state index contributed by atoms with van der Waals surface area (Å²) in [5.74, 6) is -121. The van der Waals surface area contributed by atoms with Gasteiger partial charge in [-0.05, 0) is 99.0 Å². The lowest BCUT2D eigenvalue weighted by molar-refractivity contribution is -0.462. The maximum absolute atomic E-state index is 14.6. The minimum atomic E-state index is -8.90. The Balaban J connectivity index is 1.96. The van der Waals surface area contributed by atoms with Crippen molar-refractivity contribution >= 4 is 8.60 Å². The Kier molecular flexibility index (Phi) is 18.9. The molecule has 0 N–H and O–H groups in total. The molecule has 3 aromatic rings. The molecule has 0 atom stereocenters. The van der Waals surface area contributed by atoms with Gasteiger partial charge in [-0.2, -0.15) is 149 Å². The molecule has 470 valence electrons. The summed E-state index contributed by atoms with van der Waals surface area (Å²) in [5, 5.41) is 0. The molecule has 3 rings (SSSR count). The van der Waals surface area contributed by atoms with Crippen molar-refractivity contribution in [3.63, 3.8) is 0 Å². The number of benzene rings is 3. The first-order valence-corrected chi connectivity index (χ1v) is 21.8. The first kappa shape index (κ1) is 70.8. The normalized spacial score (nSPS) is 15.0. The number of hydrogen-bond donors (Lipinski definition) is 0. The van der Waals surface area contributed by atoms with E-state index in [4.69, 9.17) is 18.3 Å². The van der Waals surface area contributed by atoms with Crippen molar-refractivity contribution in [3.05, 3.63) is 71.3 Å². The van der Waals surface area contributed by atoms with Crippen molar-refractivity contribution < 1.29 is 177 Å². The van der Waals surface area contributed by atoms with Crippen LogP contribution in [0.4, 0.5) is 149 Å². The van der Waals surface area contributed by atoms with E-state index in [9.17, 15) is 149 Å². The maximum Gasteiger partial charge on any atom is 0.530 e. The summed E-state index contributed by atoms with van der Waals surface area (Å²) in [6.07, 6.45) is -16.0. The van der Waals surface area contributed by atoms with Crippen molar-refractivity contribution in [1.82, 2.24) is 0 Å². The highest BCUT2D eigenvalue weighted by Crippen LogP contribution is 2.66. The van der Waals surface area contributed by atoms with Gasteiger partial charge in [-0.1, -0.05) is 0 Å². The lowest BCUT2D eigenvalue weighted by Gasteiger charge is -2.42. The first-order chi connectivity index (χ1) is 36.2. The Morgan fingerprint density at radius 1 is 0.293 bits per heavy atom. The Morgan fingerprint density at radius 2 is 0.500 bits per heavy atom. The molecule has 0 amide bonds. The van der Waals surface area contributed by atoms with Crippen LogP contribution in [0.15, 0.2) is 54.6 Å². The molecule has 0 aliphatic heterocycles. The van der Waals surface area contributed by atoms with Gasteiger partial charge in [0, 0.05) is 0 Å². The second-order valence-corrected chi connectivity index (χ2v) is 17.6. The van der Waals surface area contributed by atoms with Crippen LogP contribution in [-0.4, -0.2) is 115 Å². The Bertz CT molecular complexity index is 2570. The number of hydrogen-bond acceptors (Lipinski definition) is 6. The van der Waals surface area contributed by atoms with Crippen LogP contribution in [0.3, 0.4) is 0 Å². The third kappa shape index (κ3) is 11.6. The fraction of sp³-hybridized carbons (Fsp3) is 0.561. The van der Waals surface area contributed by atoms with E-state index in [1.165, 1.54) is 26.0 Å². The van der Waals surface area contributed by atoms with Crippen LogP contribution < -0.4 is 27.8 Å². The molecule has 0 spiro atoms. The molecule has 0 heterocycles. The van der Waals surface area contributed by atoms with Crippen LogP contribution in [-0.2, 0) is 0 Å². The van der Waals surface area contributed by atoms with Crippen molar-refractivity contribution in [2.24, 2.45) is 0 Å². The van der Waals surface area contributed by atoms with Crippen molar-refractivity contribution in [3.8, 4) is 34.5 Å². The fourth-order valence-corrected chi connectivity index (χ4v) is 7.04. The van der Waals surface area contributed by atoms with E-state index >= 15 is 0 Å². The van der Waals surface area contributed by atoms with Gasteiger partial charge in [0.25, 0.3) is 0 Å². The standard InChI is InChI=1S/C41H27F34O6P/c1-5-76-20-6-9-23(17(2)12-20)79-82(80-24-10-7-21(13-18(24)3)77-15-26(42,43)28(46,47)30(50,51)32(54,55)34(58,59)36(62,63)38(66,67)40(70,71)72)81-25-11-8-22(14-19(25)4)78-16-27(44,45)29(48,49)31(52,53)33(56,57)35(60,61)37(64,65)39(68,69)41(73,74)75/h6-14H,5,15-16H2,1-4H3. The van der Waals surface area contributed by atoms with E-state index in [1.54, 1.807) is 0 Å². The summed E-state index contributed by atoms with van der Waals surface area (Å²) in [6, 6.07) is 6.27. The van der Waals surface area contributed by atoms with Crippen molar-refractivity contribution in [2.75, 3.05) is 19.8 Å². The molecule has 0 saturated heterocycles. The lowest BCUT2D eigenvalue weighted by Crippen LogP contribution is -2.74. The summed E-state index contributed by atoms with van der Waals surface area (Å²) in [6.45, 7) is -2.05. The summed E-state index contributed by atoms with van der Waals surface area (Å²) >= 11 is 0. The van der Waals surface area contributed by atoms with Gasteiger partial charge in [-0.25, -0.2) is 0 Å². The van der Waals surface area contributed by atoms with Crippen LogP contribution in [0.1, 0.15) is 23.6 Å². The summed E-state index contributed by atoms with van der Waals surface area (Å²) < 4.78 is 497. The van der Waals surface area contributed by atoms with E-state index in [2.05, 4.69) is 9.47 Å². The summed E-state index contributed by atoms with van der Waals surface area (Å²) in [5.41, 5.74) is -0.890. The first-order valence-electron chi connectivity index (χ1n) is 20.7. The van der Waals surface area contributed by atoms with Gasteiger partial charge in [-0.3, -0.25) is 0 Å². The molecule has 0 unspecified atom stereocenters. The predicted octanol–water partition coefficient (Wildman–Crippen LogP) is 17.6. The summed E-state index contributed by atoms with van der Waals surface area (Å²) in [7, 11) is -3.19. The zero-order valence-electron chi connectivity index (χ0n) is 39.6. The third-order valence-corrected chi connectivity index (χ3v) is 11.7. The van der Waals surface area contributed by atoms with Gasteiger partial charge < -0.3 is 27.8 Å². The zero-order chi connectivity index (χ0) is 64.5. The zero-order valence-corrected chi connectivity index (χ0v) is 40.5. The molecule has 82 heavy (non-hydrogen) atoms. The van der Waals surface area contributed by atoms with E-state index in [0.717, 1.165) is 19.9 Å².